The number of rotatable bonds is 3. The number of hydrogen-bond donors (Lipinski definition) is 0. The highest BCUT2D eigenvalue weighted by Gasteiger charge is 2.18. The fourth-order valence-electron chi connectivity index (χ4n) is 0.939. The van der Waals surface area contributed by atoms with Gasteiger partial charge in [-0.15, -0.1) is 11.3 Å². The van der Waals surface area contributed by atoms with Crippen LogP contribution in [-0.4, -0.2) is 17.6 Å². The van der Waals surface area contributed by atoms with Crippen LogP contribution in [-0.2, 0) is 9.53 Å². The summed E-state index contributed by atoms with van der Waals surface area (Å²) < 4.78 is 4.90. The van der Waals surface area contributed by atoms with Crippen LogP contribution in [0.3, 0.4) is 0 Å². The molecule has 1 heterocycles. The summed E-state index contributed by atoms with van der Waals surface area (Å²) >= 11 is 1.50. The molecule has 13 heavy (non-hydrogen) atoms. The van der Waals surface area contributed by atoms with Crippen molar-refractivity contribution < 1.29 is 9.53 Å². The van der Waals surface area contributed by atoms with Gasteiger partial charge >= 0.3 is 5.97 Å². The fourth-order valence-corrected chi connectivity index (χ4v) is 1.78. The van der Waals surface area contributed by atoms with Crippen molar-refractivity contribution in [2.75, 3.05) is 6.61 Å². The lowest BCUT2D eigenvalue weighted by atomic mass is 10.2. The number of carbonyl (C=O) groups excluding carboxylic acids is 1. The minimum absolute atomic E-state index is 0.197. The topological polar surface area (TPSA) is 39.2 Å². The molecule has 0 aliphatic heterocycles. The van der Waals surface area contributed by atoms with E-state index >= 15 is 0 Å². The molecule has 0 radical (unpaired) electrons. The van der Waals surface area contributed by atoms with Gasteiger partial charge in [-0.3, -0.25) is 4.79 Å². The Bertz CT molecular complexity index is 296. The lowest BCUT2D eigenvalue weighted by Crippen LogP contribution is -2.12. The summed E-state index contributed by atoms with van der Waals surface area (Å²) in [5, 5.41) is 2.77. The highest BCUT2D eigenvalue weighted by molar-refractivity contribution is 7.09. The van der Waals surface area contributed by atoms with Gasteiger partial charge in [0, 0.05) is 11.1 Å². The van der Waals surface area contributed by atoms with Crippen LogP contribution >= 0.6 is 11.3 Å². The molecule has 1 aromatic heterocycles. The maximum absolute atomic E-state index is 11.3. The molecule has 0 aliphatic carbocycles. The average Bonchev–Trinajstić information content (AvgIpc) is 2.51. The SMILES string of the molecule is CCOC(=O)[C@H](C)c1nc(C)cs1. The molecule has 0 aromatic carbocycles. The van der Waals surface area contributed by atoms with Crippen molar-refractivity contribution >= 4 is 17.3 Å². The molecule has 0 N–H and O–H groups in total. The zero-order valence-electron chi connectivity index (χ0n) is 8.03. The lowest BCUT2D eigenvalue weighted by molar-refractivity contribution is -0.144. The number of nitrogens with zero attached hydrogens (tertiary/aromatic N) is 1. The van der Waals surface area contributed by atoms with E-state index in [2.05, 4.69) is 4.98 Å². The summed E-state index contributed by atoms with van der Waals surface area (Å²) in [4.78, 5) is 15.5. The Morgan fingerprint density at radius 1 is 1.77 bits per heavy atom. The van der Waals surface area contributed by atoms with Gasteiger partial charge < -0.3 is 4.74 Å². The first kappa shape index (κ1) is 10.2. The minimum atomic E-state index is -0.237. The van der Waals surface area contributed by atoms with Gasteiger partial charge in [0.2, 0.25) is 0 Å². The second-order valence-electron chi connectivity index (χ2n) is 2.80. The molecular formula is C9H13NO2S. The Balaban J connectivity index is 2.67. The van der Waals surface area contributed by atoms with Gasteiger partial charge in [-0.05, 0) is 20.8 Å². The highest BCUT2D eigenvalue weighted by atomic mass is 32.1. The van der Waals surface area contributed by atoms with Gasteiger partial charge in [-0.25, -0.2) is 4.98 Å². The first-order valence-corrected chi connectivity index (χ1v) is 5.11. The van der Waals surface area contributed by atoms with E-state index in [0.717, 1.165) is 10.7 Å². The van der Waals surface area contributed by atoms with Crippen molar-refractivity contribution in [1.82, 2.24) is 4.98 Å². The molecule has 1 aromatic rings. The summed E-state index contributed by atoms with van der Waals surface area (Å²) in [6, 6.07) is 0. The first-order valence-electron chi connectivity index (χ1n) is 4.23. The zero-order chi connectivity index (χ0) is 9.84. The van der Waals surface area contributed by atoms with Crippen molar-refractivity contribution in [2.24, 2.45) is 0 Å². The molecule has 1 atom stereocenters. The molecule has 4 heteroatoms. The van der Waals surface area contributed by atoms with E-state index in [9.17, 15) is 4.79 Å². The van der Waals surface area contributed by atoms with E-state index in [1.54, 1.807) is 6.92 Å². The number of ether oxygens (including phenoxy) is 1. The Kier molecular flexibility index (Phi) is 3.42. The number of aromatic nitrogens is 1. The van der Waals surface area contributed by atoms with E-state index in [0.29, 0.717) is 6.61 Å². The molecule has 0 fully saturated rings. The van der Waals surface area contributed by atoms with Crippen LogP contribution in [0, 0.1) is 6.92 Å². The van der Waals surface area contributed by atoms with Crippen LogP contribution < -0.4 is 0 Å². The van der Waals surface area contributed by atoms with E-state index in [1.807, 2.05) is 19.2 Å². The number of hydrogen-bond acceptors (Lipinski definition) is 4. The van der Waals surface area contributed by atoms with E-state index in [4.69, 9.17) is 4.74 Å². The third kappa shape index (κ3) is 2.52. The molecule has 0 spiro atoms. The number of esters is 1. The maximum atomic E-state index is 11.3. The Labute approximate surface area is 81.8 Å². The third-order valence-electron chi connectivity index (χ3n) is 1.65. The monoisotopic (exact) mass is 199 g/mol. The maximum Gasteiger partial charge on any atom is 0.315 e. The third-order valence-corrected chi connectivity index (χ3v) is 2.79. The smallest absolute Gasteiger partial charge is 0.315 e. The largest absolute Gasteiger partial charge is 0.465 e. The predicted octanol–water partition coefficient (Wildman–Crippen LogP) is 2.12. The van der Waals surface area contributed by atoms with Crippen molar-refractivity contribution in [3.63, 3.8) is 0 Å². The second kappa shape index (κ2) is 4.37. The molecule has 0 saturated carbocycles. The number of carbonyl (C=O) groups is 1. The Morgan fingerprint density at radius 3 is 2.92 bits per heavy atom. The fraction of sp³-hybridized carbons (Fsp3) is 0.556. The molecule has 3 nitrogen and oxygen atoms in total. The minimum Gasteiger partial charge on any atom is -0.465 e. The average molecular weight is 199 g/mol. The predicted molar refractivity (Wildman–Crippen MR) is 51.9 cm³/mol. The Hall–Kier alpha value is -0.900. The molecular weight excluding hydrogens is 186 g/mol. The van der Waals surface area contributed by atoms with Crippen LogP contribution in [0.1, 0.15) is 30.5 Å². The second-order valence-corrected chi connectivity index (χ2v) is 3.69. The highest BCUT2D eigenvalue weighted by Crippen LogP contribution is 2.20. The molecule has 72 valence electrons. The quantitative estimate of drug-likeness (QED) is 0.700. The molecule has 0 unspecified atom stereocenters. The van der Waals surface area contributed by atoms with Gasteiger partial charge in [-0.1, -0.05) is 0 Å². The van der Waals surface area contributed by atoms with Gasteiger partial charge in [-0.2, -0.15) is 0 Å². The molecule has 1 rings (SSSR count). The molecule has 0 amide bonds. The van der Waals surface area contributed by atoms with Crippen molar-refractivity contribution in [1.29, 1.82) is 0 Å². The normalized spacial score (nSPS) is 12.5. The molecule has 0 bridgehead atoms. The van der Waals surface area contributed by atoms with Crippen molar-refractivity contribution in [3.8, 4) is 0 Å². The van der Waals surface area contributed by atoms with Gasteiger partial charge in [0.25, 0.3) is 0 Å². The van der Waals surface area contributed by atoms with Crippen LogP contribution in [0.5, 0.6) is 0 Å². The van der Waals surface area contributed by atoms with Crippen LogP contribution in [0.15, 0.2) is 5.38 Å². The summed E-state index contributed by atoms with van der Waals surface area (Å²) in [5.41, 5.74) is 0.955. The van der Waals surface area contributed by atoms with E-state index in [1.165, 1.54) is 11.3 Å². The standard InChI is InChI=1S/C9H13NO2S/c1-4-12-9(11)7(3)8-10-6(2)5-13-8/h5,7H,4H2,1-3H3/t7-/m1/s1. The van der Waals surface area contributed by atoms with Crippen molar-refractivity contribution in [3.05, 3.63) is 16.1 Å². The summed E-state index contributed by atoms with van der Waals surface area (Å²) in [6.45, 7) is 5.96. The van der Waals surface area contributed by atoms with E-state index < -0.39 is 0 Å². The Morgan fingerprint density at radius 2 is 2.46 bits per heavy atom. The van der Waals surface area contributed by atoms with Crippen LogP contribution in [0.25, 0.3) is 0 Å². The summed E-state index contributed by atoms with van der Waals surface area (Å²) in [6.07, 6.45) is 0. The van der Waals surface area contributed by atoms with Crippen molar-refractivity contribution in [2.45, 2.75) is 26.7 Å². The lowest BCUT2D eigenvalue weighted by Gasteiger charge is -2.06. The molecule has 0 aliphatic rings. The number of thiazole rings is 1. The summed E-state index contributed by atoms with van der Waals surface area (Å²) in [7, 11) is 0. The van der Waals surface area contributed by atoms with Gasteiger partial charge in [0.15, 0.2) is 0 Å². The van der Waals surface area contributed by atoms with E-state index in [-0.39, 0.29) is 11.9 Å². The molecule has 0 saturated heterocycles. The van der Waals surface area contributed by atoms with Crippen LogP contribution in [0.4, 0.5) is 0 Å². The van der Waals surface area contributed by atoms with Gasteiger partial charge in [0.1, 0.15) is 10.9 Å². The first-order chi connectivity index (χ1) is 6.15. The number of aryl methyl sites for hydroxylation is 1. The zero-order valence-corrected chi connectivity index (χ0v) is 8.85. The summed E-state index contributed by atoms with van der Waals surface area (Å²) in [5.74, 6) is -0.435. The van der Waals surface area contributed by atoms with Gasteiger partial charge in [0.05, 0.1) is 6.61 Å². The van der Waals surface area contributed by atoms with Crippen LogP contribution in [0.2, 0.25) is 0 Å².